The van der Waals surface area contributed by atoms with Crippen molar-refractivity contribution < 1.29 is 0 Å². The van der Waals surface area contributed by atoms with Gasteiger partial charge >= 0.3 is 0 Å². The highest BCUT2D eigenvalue weighted by Gasteiger charge is 2.57. The molecule has 2 aromatic carbocycles. The van der Waals surface area contributed by atoms with E-state index in [9.17, 15) is 15.8 Å². The Morgan fingerprint density at radius 1 is 0.933 bits per heavy atom. The molecule has 0 aliphatic heterocycles. The Kier molecular flexibility index (Phi) is 5.17. The molecular weight excluding hydrogens is 392 g/mol. The average molecular weight is 411 g/mol. The number of allylic oxidation sites excluding steroid dienone is 2. The van der Waals surface area contributed by atoms with E-state index in [0.29, 0.717) is 5.02 Å². The van der Waals surface area contributed by atoms with Gasteiger partial charge in [0.15, 0.2) is 5.41 Å². The zero-order valence-electron chi connectivity index (χ0n) is 16.2. The van der Waals surface area contributed by atoms with Gasteiger partial charge in [0.2, 0.25) is 0 Å². The molecule has 4 nitrogen and oxygen atoms in total. The Hall–Kier alpha value is -3.39. The summed E-state index contributed by atoms with van der Waals surface area (Å²) in [6.45, 7) is 0. The van der Waals surface area contributed by atoms with Crippen molar-refractivity contribution in [3.05, 3.63) is 82.4 Å². The largest absolute Gasteiger partial charge is 0.305 e. The van der Waals surface area contributed by atoms with Crippen LogP contribution in [0.1, 0.15) is 35.8 Å². The SMILES string of the molecule is N#CC1C(=N)C(C#N)(C#N)[C@@H](c2ccc(Cl)cc2)[C@@H]2C[C@@H](c3ccccc3)CC=C12. The van der Waals surface area contributed by atoms with E-state index in [4.69, 9.17) is 17.0 Å². The van der Waals surface area contributed by atoms with Crippen LogP contribution in [0.15, 0.2) is 66.2 Å². The highest BCUT2D eigenvalue weighted by molar-refractivity contribution is 6.30. The second kappa shape index (κ2) is 7.79. The molecule has 0 saturated heterocycles. The fourth-order valence-electron chi connectivity index (χ4n) is 5.07. The molecule has 146 valence electrons. The van der Waals surface area contributed by atoms with Crippen LogP contribution in [0.4, 0.5) is 0 Å². The first kappa shape index (κ1) is 19.9. The molecule has 0 amide bonds. The maximum Gasteiger partial charge on any atom is 0.189 e. The quantitative estimate of drug-likeness (QED) is 0.638. The van der Waals surface area contributed by atoms with Crippen LogP contribution in [0, 0.1) is 56.7 Å². The number of hydrogen-bond acceptors (Lipinski definition) is 4. The molecule has 2 aromatic rings. The van der Waals surface area contributed by atoms with Gasteiger partial charge in [-0.3, -0.25) is 0 Å². The van der Waals surface area contributed by atoms with Gasteiger partial charge in [0, 0.05) is 10.9 Å². The third-order valence-electron chi connectivity index (χ3n) is 6.50. The molecule has 1 N–H and O–H groups in total. The Morgan fingerprint density at radius 3 is 2.20 bits per heavy atom. The van der Waals surface area contributed by atoms with Gasteiger partial charge < -0.3 is 5.41 Å². The predicted octanol–water partition coefficient (Wildman–Crippen LogP) is 5.75. The molecule has 4 rings (SSSR count). The Labute approximate surface area is 181 Å². The predicted molar refractivity (Wildman–Crippen MR) is 115 cm³/mol. The fraction of sp³-hybridized carbons (Fsp3) is 0.280. The van der Waals surface area contributed by atoms with E-state index < -0.39 is 17.3 Å². The molecule has 0 heterocycles. The molecule has 5 heteroatoms. The number of benzene rings is 2. The van der Waals surface area contributed by atoms with Crippen LogP contribution in [-0.4, -0.2) is 5.71 Å². The standard InChI is InChI=1S/C25H19ClN4/c26-19-9-6-17(7-10-19)23-21-12-18(16-4-2-1-3-5-16)8-11-20(21)22(13-27)24(30)25(23,14-28)15-29/h1-7,9-11,18,21-23,30H,8,12H2/t18-,21+,22?,23-/m0/s1. The summed E-state index contributed by atoms with van der Waals surface area (Å²) in [4.78, 5) is 0. The number of nitrogens with one attached hydrogen (secondary N) is 1. The molecule has 2 aliphatic rings. The molecule has 0 bridgehead atoms. The zero-order valence-corrected chi connectivity index (χ0v) is 17.0. The first-order chi connectivity index (χ1) is 14.6. The summed E-state index contributed by atoms with van der Waals surface area (Å²) in [6.07, 6.45) is 3.57. The lowest BCUT2D eigenvalue weighted by Crippen LogP contribution is -2.49. The number of nitrogens with zero attached hydrogens (tertiary/aromatic N) is 3. The molecule has 1 saturated carbocycles. The summed E-state index contributed by atoms with van der Waals surface area (Å²) in [6, 6.07) is 23.8. The van der Waals surface area contributed by atoms with Gasteiger partial charge in [-0.2, -0.15) is 15.8 Å². The van der Waals surface area contributed by atoms with Crippen molar-refractivity contribution in [2.24, 2.45) is 17.3 Å². The summed E-state index contributed by atoms with van der Waals surface area (Å²) in [5, 5.41) is 39.3. The van der Waals surface area contributed by atoms with Crippen LogP contribution in [0.3, 0.4) is 0 Å². The summed E-state index contributed by atoms with van der Waals surface area (Å²) < 4.78 is 0. The van der Waals surface area contributed by atoms with Crippen molar-refractivity contribution in [3.63, 3.8) is 0 Å². The van der Waals surface area contributed by atoms with Crippen LogP contribution in [0.5, 0.6) is 0 Å². The van der Waals surface area contributed by atoms with Crippen molar-refractivity contribution in [1.29, 1.82) is 21.2 Å². The van der Waals surface area contributed by atoms with E-state index in [1.54, 1.807) is 12.1 Å². The lowest BCUT2D eigenvalue weighted by Gasteiger charge is -2.47. The van der Waals surface area contributed by atoms with Gasteiger partial charge in [0.25, 0.3) is 0 Å². The topological polar surface area (TPSA) is 95.2 Å². The molecule has 2 aliphatic carbocycles. The normalized spacial score (nSPS) is 27.0. The minimum Gasteiger partial charge on any atom is -0.305 e. The number of hydrogen-bond donors (Lipinski definition) is 1. The Balaban J connectivity index is 1.89. The van der Waals surface area contributed by atoms with Crippen molar-refractivity contribution in [1.82, 2.24) is 0 Å². The Bertz CT molecular complexity index is 1110. The molecule has 1 fully saturated rings. The van der Waals surface area contributed by atoms with Crippen LogP contribution in [0.25, 0.3) is 0 Å². The third-order valence-corrected chi connectivity index (χ3v) is 6.75. The summed E-state index contributed by atoms with van der Waals surface area (Å²) in [5.41, 5.74) is 1.07. The van der Waals surface area contributed by atoms with Crippen LogP contribution in [0.2, 0.25) is 5.02 Å². The highest BCUT2D eigenvalue weighted by Crippen LogP contribution is 2.57. The maximum absolute atomic E-state index is 10.1. The summed E-state index contributed by atoms with van der Waals surface area (Å²) in [5.74, 6) is -1.31. The fourth-order valence-corrected chi connectivity index (χ4v) is 5.19. The smallest absolute Gasteiger partial charge is 0.189 e. The lowest BCUT2D eigenvalue weighted by atomic mass is 9.52. The second-order valence-electron chi connectivity index (χ2n) is 7.93. The van der Waals surface area contributed by atoms with Crippen LogP contribution in [-0.2, 0) is 0 Å². The number of fused-ring (bicyclic) bond motifs is 1. The average Bonchev–Trinajstić information content (AvgIpc) is 2.79. The molecule has 30 heavy (non-hydrogen) atoms. The minimum absolute atomic E-state index is 0.115. The molecule has 1 unspecified atom stereocenters. The highest BCUT2D eigenvalue weighted by atomic mass is 35.5. The molecule has 0 radical (unpaired) electrons. The van der Waals surface area contributed by atoms with Gasteiger partial charge in [0.1, 0.15) is 5.92 Å². The van der Waals surface area contributed by atoms with E-state index in [0.717, 1.165) is 24.0 Å². The van der Waals surface area contributed by atoms with Crippen LogP contribution >= 0.6 is 11.6 Å². The van der Waals surface area contributed by atoms with E-state index in [1.165, 1.54) is 5.56 Å². The lowest BCUT2D eigenvalue weighted by molar-refractivity contribution is 0.304. The molecular formula is C25H19ClN4. The second-order valence-corrected chi connectivity index (χ2v) is 8.36. The van der Waals surface area contributed by atoms with Crippen molar-refractivity contribution in [2.75, 3.05) is 0 Å². The van der Waals surface area contributed by atoms with Crippen molar-refractivity contribution in [2.45, 2.75) is 24.7 Å². The maximum atomic E-state index is 10.1. The van der Waals surface area contributed by atoms with Gasteiger partial charge in [0.05, 0.1) is 23.9 Å². The van der Waals surface area contributed by atoms with Gasteiger partial charge in [-0.15, -0.1) is 0 Å². The van der Waals surface area contributed by atoms with Gasteiger partial charge in [-0.05, 0) is 53.5 Å². The minimum atomic E-state index is -1.69. The van der Waals surface area contributed by atoms with Gasteiger partial charge in [-0.25, -0.2) is 0 Å². The van der Waals surface area contributed by atoms with E-state index in [2.05, 4.69) is 36.4 Å². The third kappa shape index (κ3) is 3.00. The van der Waals surface area contributed by atoms with Gasteiger partial charge in [-0.1, -0.05) is 60.1 Å². The van der Waals surface area contributed by atoms with E-state index in [-0.39, 0.29) is 17.5 Å². The van der Waals surface area contributed by atoms with E-state index in [1.807, 2.05) is 30.3 Å². The number of nitriles is 3. The monoisotopic (exact) mass is 410 g/mol. The first-order valence-corrected chi connectivity index (χ1v) is 10.2. The summed E-state index contributed by atoms with van der Waals surface area (Å²) in [7, 11) is 0. The van der Waals surface area contributed by atoms with Crippen molar-refractivity contribution >= 4 is 17.3 Å². The summed E-state index contributed by atoms with van der Waals surface area (Å²) >= 11 is 6.08. The zero-order chi connectivity index (χ0) is 21.3. The number of rotatable bonds is 2. The van der Waals surface area contributed by atoms with Crippen molar-refractivity contribution in [3.8, 4) is 18.2 Å². The van der Waals surface area contributed by atoms with Crippen LogP contribution < -0.4 is 0 Å². The number of halogens is 1. The molecule has 4 atom stereocenters. The molecule has 0 aromatic heterocycles. The molecule has 0 spiro atoms. The van der Waals surface area contributed by atoms with E-state index >= 15 is 0 Å². The Morgan fingerprint density at radius 2 is 1.60 bits per heavy atom. The first-order valence-electron chi connectivity index (χ1n) is 9.87.